The van der Waals surface area contributed by atoms with Crippen LogP contribution in [0, 0.1) is 11.8 Å². The van der Waals surface area contributed by atoms with E-state index in [1.165, 1.54) is 25.7 Å². The van der Waals surface area contributed by atoms with Crippen LogP contribution in [-0.2, 0) is 9.53 Å². The Morgan fingerprint density at radius 1 is 1.45 bits per heavy atom. The third-order valence-electron chi connectivity index (χ3n) is 4.53. The van der Waals surface area contributed by atoms with Gasteiger partial charge in [-0.2, -0.15) is 0 Å². The molecule has 1 rings (SSSR count). The van der Waals surface area contributed by atoms with E-state index in [0.29, 0.717) is 31.7 Å². The average molecular weight is 285 g/mol. The van der Waals surface area contributed by atoms with Gasteiger partial charge in [-0.3, -0.25) is 9.69 Å². The molecule has 0 heterocycles. The van der Waals surface area contributed by atoms with Crippen molar-refractivity contribution in [2.24, 2.45) is 17.6 Å². The fourth-order valence-electron chi connectivity index (χ4n) is 3.17. The molecule has 0 aromatic carbocycles. The zero-order valence-electron chi connectivity index (χ0n) is 13.2. The zero-order chi connectivity index (χ0) is 15.0. The number of likely N-dealkylation sites (N-methyl/N-ethyl adjacent to an activating group) is 1. The second-order valence-electron chi connectivity index (χ2n) is 5.91. The molecule has 0 spiro atoms. The molecule has 1 fully saturated rings. The summed E-state index contributed by atoms with van der Waals surface area (Å²) in [5, 5.41) is 2.87. The lowest BCUT2D eigenvalue weighted by atomic mass is 9.76. The number of methoxy groups -OCH3 is 1. The average Bonchev–Trinajstić information content (AvgIpc) is 2.46. The van der Waals surface area contributed by atoms with Crippen LogP contribution < -0.4 is 11.1 Å². The van der Waals surface area contributed by atoms with E-state index >= 15 is 0 Å². The van der Waals surface area contributed by atoms with Crippen LogP contribution in [0.3, 0.4) is 0 Å². The van der Waals surface area contributed by atoms with Crippen LogP contribution in [0.15, 0.2) is 0 Å². The first kappa shape index (κ1) is 17.4. The van der Waals surface area contributed by atoms with Crippen molar-refractivity contribution in [3.63, 3.8) is 0 Å². The summed E-state index contributed by atoms with van der Waals surface area (Å²) in [6.45, 7) is 4.55. The summed E-state index contributed by atoms with van der Waals surface area (Å²) in [6.07, 6.45) is 4.86. The lowest BCUT2D eigenvalue weighted by molar-refractivity contribution is -0.123. The molecule has 0 radical (unpaired) electrons. The summed E-state index contributed by atoms with van der Waals surface area (Å²) >= 11 is 0. The highest BCUT2D eigenvalue weighted by Gasteiger charge is 2.32. The molecule has 0 aliphatic heterocycles. The van der Waals surface area contributed by atoms with Crippen molar-refractivity contribution < 1.29 is 9.53 Å². The predicted molar refractivity (Wildman–Crippen MR) is 81.5 cm³/mol. The van der Waals surface area contributed by atoms with E-state index < -0.39 is 0 Å². The van der Waals surface area contributed by atoms with E-state index in [-0.39, 0.29) is 5.91 Å². The molecule has 1 aliphatic carbocycles. The van der Waals surface area contributed by atoms with Crippen LogP contribution in [0.5, 0.6) is 0 Å². The molecule has 5 nitrogen and oxygen atoms in total. The molecule has 0 bridgehead atoms. The maximum atomic E-state index is 11.9. The van der Waals surface area contributed by atoms with E-state index in [1.54, 1.807) is 7.11 Å². The minimum atomic E-state index is 0.0685. The summed E-state index contributed by atoms with van der Waals surface area (Å²) in [4.78, 5) is 14.1. The number of carbonyl (C=O) groups excluding carboxylic acids is 1. The van der Waals surface area contributed by atoms with Gasteiger partial charge in [0, 0.05) is 19.7 Å². The Hall–Kier alpha value is -0.650. The van der Waals surface area contributed by atoms with Gasteiger partial charge in [-0.05, 0) is 38.3 Å². The number of hydrogen-bond donors (Lipinski definition) is 2. The number of hydrogen-bond acceptors (Lipinski definition) is 4. The summed E-state index contributed by atoms with van der Waals surface area (Å²) in [5.74, 6) is 1.37. The normalized spacial score (nSPS) is 26.8. The Balaban J connectivity index is 2.45. The third-order valence-corrected chi connectivity index (χ3v) is 4.53. The number of nitrogens with one attached hydrogen (secondary N) is 1. The van der Waals surface area contributed by atoms with Crippen LogP contribution >= 0.6 is 0 Å². The number of rotatable bonds is 8. The highest BCUT2D eigenvalue weighted by Crippen LogP contribution is 2.32. The van der Waals surface area contributed by atoms with E-state index in [2.05, 4.69) is 17.1 Å². The second-order valence-corrected chi connectivity index (χ2v) is 5.91. The van der Waals surface area contributed by atoms with Crippen molar-refractivity contribution in [1.29, 1.82) is 0 Å². The van der Waals surface area contributed by atoms with Gasteiger partial charge in [0.25, 0.3) is 0 Å². The van der Waals surface area contributed by atoms with Crippen molar-refractivity contribution in [1.82, 2.24) is 10.2 Å². The highest BCUT2D eigenvalue weighted by atomic mass is 16.5. The summed E-state index contributed by atoms with van der Waals surface area (Å²) < 4.78 is 4.93. The number of nitrogens with zero attached hydrogens (tertiary/aromatic N) is 1. The van der Waals surface area contributed by atoms with Crippen molar-refractivity contribution in [2.75, 3.05) is 40.4 Å². The SMILES string of the molecule is CCC1CCC(CN)C(N(C)CC(=O)NCCOC)C1. The Morgan fingerprint density at radius 2 is 2.20 bits per heavy atom. The molecule has 20 heavy (non-hydrogen) atoms. The maximum Gasteiger partial charge on any atom is 0.234 e. The molecular weight excluding hydrogens is 254 g/mol. The van der Waals surface area contributed by atoms with Gasteiger partial charge in [0.15, 0.2) is 0 Å². The van der Waals surface area contributed by atoms with Crippen molar-refractivity contribution in [3.05, 3.63) is 0 Å². The van der Waals surface area contributed by atoms with Gasteiger partial charge >= 0.3 is 0 Å². The zero-order valence-corrected chi connectivity index (χ0v) is 13.2. The van der Waals surface area contributed by atoms with Crippen molar-refractivity contribution in [2.45, 2.75) is 38.6 Å². The fourth-order valence-corrected chi connectivity index (χ4v) is 3.17. The Morgan fingerprint density at radius 3 is 2.80 bits per heavy atom. The van der Waals surface area contributed by atoms with Gasteiger partial charge in [0.1, 0.15) is 0 Å². The molecule has 1 amide bonds. The molecule has 0 aromatic rings. The van der Waals surface area contributed by atoms with Gasteiger partial charge in [0.2, 0.25) is 5.91 Å². The molecule has 0 saturated heterocycles. The number of amides is 1. The third kappa shape index (κ3) is 5.38. The van der Waals surface area contributed by atoms with E-state index in [0.717, 1.165) is 12.5 Å². The second kappa shape index (κ2) is 9.32. The standard InChI is InChI=1S/C15H31N3O2/c1-4-12-5-6-13(10-16)14(9-12)18(2)11-15(19)17-7-8-20-3/h12-14H,4-11,16H2,1-3H3,(H,17,19). The Labute approximate surface area is 123 Å². The largest absolute Gasteiger partial charge is 0.383 e. The summed E-state index contributed by atoms with van der Waals surface area (Å²) in [5.41, 5.74) is 5.90. The van der Waals surface area contributed by atoms with Gasteiger partial charge < -0.3 is 15.8 Å². The van der Waals surface area contributed by atoms with E-state index in [1.807, 2.05) is 7.05 Å². The molecule has 3 N–H and O–H groups in total. The van der Waals surface area contributed by atoms with Gasteiger partial charge in [-0.25, -0.2) is 0 Å². The maximum absolute atomic E-state index is 11.9. The van der Waals surface area contributed by atoms with Gasteiger partial charge in [0.05, 0.1) is 13.2 Å². The molecule has 3 unspecified atom stereocenters. The molecule has 3 atom stereocenters. The van der Waals surface area contributed by atoms with Crippen LogP contribution in [0.1, 0.15) is 32.6 Å². The lowest BCUT2D eigenvalue weighted by Crippen LogP contribution is -2.48. The van der Waals surface area contributed by atoms with Crippen LogP contribution in [-0.4, -0.2) is 57.2 Å². The monoisotopic (exact) mass is 285 g/mol. The molecule has 1 aliphatic rings. The molecule has 118 valence electrons. The molecular formula is C15H31N3O2. The topological polar surface area (TPSA) is 67.6 Å². The fraction of sp³-hybridized carbons (Fsp3) is 0.933. The Kier molecular flexibility index (Phi) is 8.11. The van der Waals surface area contributed by atoms with Crippen LogP contribution in [0.2, 0.25) is 0 Å². The van der Waals surface area contributed by atoms with E-state index in [9.17, 15) is 4.79 Å². The molecule has 5 heteroatoms. The number of nitrogens with two attached hydrogens (primary N) is 1. The summed E-state index contributed by atoms with van der Waals surface area (Å²) in [7, 11) is 3.68. The Bertz CT molecular complexity index is 286. The van der Waals surface area contributed by atoms with E-state index in [4.69, 9.17) is 10.5 Å². The van der Waals surface area contributed by atoms with Gasteiger partial charge in [-0.1, -0.05) is 19.8 Å². The molecule has 1 saturated carbocycles. The minimum Gasteiger partial charge on any atom is -0.383 e. The van der Waals surface area contributed by atoms with Crippen LogP contribution in [0.25, 0.3) is 0 Å². The van der Waals surface area contributed by atoms with Crippen molar-refractivity contribution in [3.8, 4) is 0 Å². The molecule has 0 aromatic heterocycles. The number of carbonyl (C=O) groups is 1. The smallest absolute Gasteiger partial charge is 0.234 e. The van der Waals surface area contributed by atoms with Crippen LogP contribution in [0.4, 0.5) is 0 Å². The highest BCUT2D eigenvalue weighted by molar-refractivity contribution is 5.77. The van der Waals surface area contributed by atoms with Crippen molar-refractivity contribution >= 4 is 5.91 Å². The number of ether oxygens (including phenoxy) is 1. The first-order chi connectivity index (χ1) is 9.62. The quantitative estimate of drug-likeness (QED) is 0.648. The minimum absolute atomic E-state index is 0.0685. The van der Waals surface area contributed by atoms with Gasteiger partial charge in [-0.15, -0.1) is 0 Å². The predicted octanol–water partition coefficient (Wildman–Crippen LogP) is 0.834. The summed E-state index contributed by atoms with van der Waals surface area (Å²) in [6, 6.07) is 0.437. The lowest BCUT2D eigenvalue weighted by Gasteiger charge is -2.40. The first-order valence-electron chi connectivity index (χ1n) is 7.78. The first-order valence-corrected chi connectivity index (χ1v) is 7.78.